The molecule has 1 atom stereocenters. The van der Waals surface area contributed by atoms with E-state index in [-0.39, 0.29) is 5.54 Å². The van der Waals surface area contributed by atoms with E-state index >= 15 is 0 Å². The lowest BCUT2D eigenvalue weighted by molar-refractivity contribution is 0.0506. The number of aryl methyl sites for hydroxylation is 1. The minimum atomic E-state index is -1.15. The Morgan fingerprint density at radius 1 is 1.21 bits per heavy atom. The van der Waals surface area contributed by atoms with Crippen molar-refractivity contribution in [3.63, 3.8) is 0 Å². The molecule has 1 unspecified atom stereocenters. The molecular weight excluding hydrogens is 514 g/mol. The number of alkyl carbamates (subject to hydrolysis) is 1. The molecule has 1 fully saturated rings. The number of rotatable bonds is 6. The quantitative estimate of drug-likeness (QED) is 0.522. The van der Waals surface area contributed by atoms with E-state index in [0.717, 1.165) is 49.1 Å². The van der Waals surface area contributed by atoms with Crippen molar-refractivity contribution in [1.29, 1.82) is 0 Å². The number of amides is 1. The average Bonchev–Trinajstić information content (AvgIpc) is 3.26. The van der Waals surface area contributed by atoms with Crippen molar-refractivity contribution in [2.45, 2.75) is 75.8 Å². The first-order valence-electron chi connectivity index (χ1n) is 13.4. The van der Waals surface area contributed by atoms with E-state index in [1.807, 2.05) is 20.8 Å². The molecule has 4 heterocycles. The van der Waals surface area contributed by atoms with Crippen molar-refractivity contribution in [3.8, 4) is 11.8 Å². The third kappa shape index (κ3) is 6.22. The van der Waals surface area contributed by atoms with Gasteiger partial charge in [-0.25, -0.2) is 19.7 Å². The molecule has 2 N–H and O–H groups in total. The van der Waals surface area contributed by atoms with Crippen molar-refractivity contribution < 1.29 is 13.7 Å². The maximum atomic E-state index is 12.9. The monoisotopic (exact) mass is 549 g/mol. The van der Waals surface area contributed by atoms with Crippen molar-refractivity contribution in [2.75, 3.05) is 35.6 Å². The first kappa shape index (κ1) is 27.1. The van der Waals surface area contributed by atoms with Gasteiger partial charge in [0.15, 0.2) is 5.82 Å². The molecule has 0 aromatic carbocycles. The number of aromatic nitrogens is 4. The first-order chi connectivity index (χ1) is 18.6. The van der Waals surface area contributed by atoms with Crippen molar-refractivity contribution >= 4 is 34.2 Å². The third-order valence-electron chi connectivity index (χ3n) is 7.04. The predicted molar refractivity (Wildman–Crippen MR) is 151 cm³/mol. The molecule has 2 aliphatic heterocycles. The molecule has 1 aliphatic carbocycles. The van der Waals surface area contributed by atoms with E-state index in [0.29, 0.717) is 47.7 Å². The molecule has 206 valence electrons. The molecular formula is C28H35N7O3S. The molecule has 1 amide bonds. The highest BCUT2D eigenvalue weighted by Crippen LogP contribution is 2.38. The van der Waals surface area contributed by atoms with Crippen LogP contribution in [0.1, 0.15) is 70.5 Å². The van der Waals surface area contributed by atoms with Crippen LogP contribution in [-0.4, -0.2) is 66.8 Å². The smallest absolute Gasteiger partial charge is 0.407 e. The van der Waals surface area contributed by atoms with Gasteiger partial charge in [-0.3, -0.25) is 4.21 Å². The Hall–Kier alpha value is -3.52. The van der Waals surface area contributed by atoms with E-state index in [9.17, 15) is 9.00 Å². The summed E-state index contributed by atoms with van der Waals surface area (Å²) in [4.78, 5) is 33.8. The zero-order valence-corrected chi connectivity index (χ0v) is 23.8. The van der Waals surface area contributed by atoms with Crippen LogP contribution in [-0.2, 0) is 22.0 Å². The molecule has 11 heteroatoms. The van der Waals surface area contributed by atoms with Crippen LogP contribution in [0.4, 0.5) is 16.6 Å². The van der Waals surface area contributed by atoms with Crippen LogP contribution in [0.2, 0.25) is 0 Å². The summed E-state index contributed by atoms with van der Waals surface area (Å²) in [5.74, 6) is 8.32. The number of anilines is 2. The number of nitrogens with zero attached hydrogens (tertiary/aromatic N) is 5. The van der Waals surface area contributed by atoms with Gasteiger partial charge in [-0.1, -0.05) is 12.0 Å². The van der Waals surface area contributed by atoms with E-state index in [2.05, 4.69) is 43.4 Å². The fourth-order valence-corrected chi connectivity index (χ4v) is 6.23. The van der Waals surface area contributed by atoms with Gasteiger partial charge in [-0.2, -0.15) is 4.98 Å². The standard InChI is InChI=1S/C28H35N7O3S/c1-5-7-19-16-29-23(30-17-19)20-8-13-35(14-9-20)25-32-21-10-15-39(37)22(21)24(33-25)34-28(11-6-12-28)18-31-26(36)38-27(2,3)4/h8,16-17H,6,9-15,18H2,1-4H3,(H,31,36)(H,32,33,34). The van der Waals surface area contributed by atoms with Gasteiger partial charge in [-0.15, -0.1) is 5.92 Å². The molecule has 0 bridgehead atoms. The van der Waals surface area contributed by atoms with Crippen LogP contribution >= 0.6 is 0 Å². The number of carbonyl (C=O) groups is 1. The summed E-state index contributed by atoms with van der Waals surface area (Å²) in [6.45, 7) is 9.07. The molecule has 0 radical (unpaired) electrons. The SMILES string of the molecule is CC#Cc1cnc(C2=CCN(c3nc4c(c(NC5(CNC(=O)OC(C)(C)C)CCC5)n3)S(=O)CC4)CC2)nc1. The zero-order chi connectivity index (χ0) is 27.6. The Morgan fingerprint density at radius 2 is 1.97 bits per heavy atom. The van der Waals surface area contributed by atoms with Crippen LogP contribution in [0.25, 0.3) is 5.57 Å². The number of hydrogen-bond donors (Lipinski definition) is 2. The second-order valence-electron chi connectivity index (χ2n) is 11.2. The molecule has 3 aliphatic rings. The van der Waals surface area contributed by atoms with E-state index < -0.39 is 22.5 Å². The summed E-state index contributed by atoms with van der Waals surface area (Å²) in [5, 5.41) is 6.49. The molecule has 1 saturated carbocycles. The molecule has 0 saturated heterocycles. The van der Waals surface area contributed by atoms with Gasteiger partial charge in [0.2, 0.25) is 5.95 Å². The summed E-state index contributed by atoms with van der Waals surface area (Å²) in [7, 11) is -1.15. The number of ether oxygens (including phenoxy) is 1. The lowest BCUT2D eigenvalue weighted by Crippen LogP contribution is -2.54. The maximum absolute atomic E-state index is 12.9. The lowest BCUT2D eigenvalue weighted by Gasteiger charge is -2.43. The van der Waals surface area contributed by atoms with Crippen LogP contribution < -0.4 is 15.5 Å². The van der Waals surface area contributed by atoms with Crippen LogP contribution in [0.5, 0.6) is 0 Å². The summed E-state index contributed by atoms with van der Waals surface area (Å²) >= 11 is 0. The van der Waals surface area contributed by atoms with Gasteiger partial charge in [0.1, 0.15) is 16.3 Å². The Kier molecular flexibility index (Phi) is 7.58. The number of fused-ring (bicyclic) bond motifs is 1. The minimum absolute atomic E-state index is 0.357. The first-order valence-corrected chi connectivity index (χ1v) is 14.7. The van der Waals surface area contributed by atoms with Crippen LogP contribution in [0.3, 0.4) is 0 Å². The van der Waals surface area contributed by atoms with Crippen LogP contribution in [0.15, 0.2) is 23.4 Å². The maximum Gasteiger partial charge on any atom is 0.407 e. The van der Waals surface area contributed by atoms with Gasteiger partial charge in [-0.05, 0) is 59.0 Å². The Bertz CT molecular complexity index is 1370. The van der Waals surface area contributed by atoms with Gasteiger partial charge >= 0.3 is 6.09 Å². The molecule has 39 heavy (non-hydrogen) atoms. The van der Waals surface area contributed by atoms with Gasteiger partial charge < -0.3 is 20.3 Å². The summed E-state index contributed by atoms with van der Waals surface area (Å²) in [6.07, 6.45) is 9.39. The van der Waals surface area contributed by atoms with Gasteiger partial charge in [0, 0.05) is 44.2 Å². The normalized spacial score (nSPS) is 19.6. The van der Waals surface area contributed by atoms with E-state index in [4.69, 9.17) is 14.7 Å². The summed E-state index contributed by atoms with van der Waals surface area (Å²) in [5.41, 5.74) is 1.80. The molecule has 5 rings (SSSR count). The van der Waals surface area contributed by atoms with E-state index in [1.54, 1.807) is 19.3 Å². The highest BCUT2D eigenvalue weighted by Gasteiger charge is 2.40. The Morgan fingerprint density at radius 3 is 2.59 bits per heavy atom. The Labute approximate surface area is 231 Å². The second kappa shape index (κ2) is 10.9. The molecule has 10 nitrogen and oxygen atoms in total. The highest BCUT2D eigenvalue weighted by molar-refractivity contribution is 7.85. The second-order valence-corrected chi connectivity index (χ2v) is 12.7. The fourth-order valence-electron chi connectivity index (χ4n) is 4.92. The summed E-state index contributed by atoms with van der Waals surface area (Å²) < 4.78 is 18.3. The molecule has 2 aromatic heterocycles. The van der Waals surface area contributed by atoms with Crippen LogP contribution in [0, 0.1) is 11.8 Å². The largest absolute Gasteiger partial charge is 0.444 e. The zero-order valence-electron chi connectivity index (χ0n) is 23.0. The van der Waals surface area contributed by atoms with Crippen molar-refractivity contribution in [1.82, 2.24) is 25.3 Å². The predicted octanol–water partition coefficient (Wildman–Crippen LogP) is 3.45. The van der Waals surface area contributed by atoms with Crippen molar-refractivity contribution in [3.05, 3.63) is 35.6 Å². The lowest BCUT2D eigenvalue weighted by atomic mass is 9.76. The number of carbonyl (C=O) groups excluding carboxylic acids is 1. The average molecular weight is 550 g/mol. The van der Waals surface area contributed by atoms with Gasteiger partial charge in [0.05, 0.1) is 27.6 Å². The fraction of sp³-hybridized carbons (Fsp3) is 0.536. The van der Waals surface area contributed by atoms with Crippen molar-refractivity contribution in [2.24, 2.45) is 0 Å². The van der Waals surface area contributed by atoms with E-state index in [1.165, 1.54) is 0 Å². The molecule has 0 spiro atoms. The topological polar surface area (TPSA) is 122 Å². The number of nitrogens with one attached hydrogen (secondary N) is 2. The third-order valence-corrected chi connectivity index (χ3v) is 8.50. The number of hydrogen-bond acceptors (Lipinski definition) is 9. The molecule has 2 aromatic rings. The van der Waals surface area contributed by atoms with Gasteiger partial charge in [0.25, 0.3) is 0 Å². The highest BCUT2D eigenvalue weighted by atomic mass is 32.2. The summed E-state index contributed by atoms with van der Waals surface area (Å²) in [6, 6.07) is 0. The minimum Gasteiger partial charge on any atom is -0.444 e. The Balaban J connectivity index is 1.33.